The summed E-state index contributed by atoms with van der Waals surface area (Å²) in [4.78, 5) is 25.2. The van der Waals surface area contributed by atoms with Crippen LogP contribution in [0.15, 0.2) is 53.8 Å². The van der Waals surface area contributed by atoms with E-state index in [-0.39, 0.29) is 39.9 Å². The van der Waals surface area contributed by atoms with Gasteiger partial charge in [0.15, 0.2) is 28.8 Å². The van der Waals surface area contributed by atoms with Crippen molar-refractivity contribution < 1.29 is 34.8 Å². The van der Waals surface area contributed by atoms with Crippen LogP contribution in [0, 0.1) is 0 Å². The van der Waals surface area contributed by atoms with E-state index in [4.69, 9.17) is 4.74 Å². The molecule has 7 heteroatoms. The number of allylic oxidation sites excluding steroid dienone is 1. The summed E-state index contributed by atoms with van der Waals surface area (Å²) < 4.78 is 5.92. The molecule has 1 unspecified atom stereocenters. The van der Waals surface area contributed by atoms with Crippen molar-refractivity contribution in [3.8, 4) is 23.0 Å². The molecule has 1 aliphatic heterocycles. The molecule has 0 saturated heterocycles. The van der Waals surface area contributed by atoms with Crippen molar-refractivity contribution in [2.45, 2.75) is 12.5 Å². The lowest BCUT2D eigenvalue weighted by molar-refractivity contribution is -0.130. The van der Waals surface area contributed by atoms with Crippen LogP contribution in [0.2, 0.25) is 0 Å². The summed E-state index contributed by atoms with van der Waals surface area (Å²) in [5, 5.41) is 38.6. The molecule has 0 bridgehead atoms. The molecule has 29 heavy (non-hydrogen) atoms. The molecule has 2 aromatic carbocycles. The molecule has 1 heterocycles. The lowest BCUT2D eigenvalue weighted by atomic mass is 9.85. The zero-order chi connectivity index (χ0) is 20.9. The average Bonchev–Trinajstić information content (AvgIpc) is 3.15. The van der Waals surface area contributed by atoms with Gasteiger partial charge in [-0.3, -0.25) is 9.59 Å². The van der Waals surface area contributed by atoms with Gasteiger partial charge in [-0.2, -0.15) is 0 Å². The van der Waals surface area contributed by atoms with E-state index in [2.05, 4.69) is 0 Å². The minimum absolute atomic E-state index is 0.101. The molecule has 146 valence electrons. The highest BCUT2D eigenvalue weighted by molar-refractivity contribution is 6.16. The van der Waals surface area contributed by atoms with Gasteiger partial charge in [-0.25, -0.2) is 0 Å². The highest BCUT2D eigenvalue weighted by Crippen LogP contribution is 2.51. The monoisotopic (exact) mass is 392 g/mol. The van der Waals surface area contributed by atoms with E-state index in [0.717, 1.165) is 0 Å². The number of benzene rings is 2. The topological polar surface area (TPSA) is 124 Å². The van der Waals surface area contributed by atoms with E-state index < -0.39 is 17.1 Å². The van der Waals surface area contributed by atoms with E-state index in [1.807, 2.05) is 0 Å². The van der Waals surface area contributed by atoms with Crippen molar-refractivity contribution in [2.75, 3.05) is 0 Å². The van der Waals surface area contributed by atoms with Crippen LogP contribution in [0.25, 0.3) is 12.2 Å². The average molecular weight is 392 g/mol. The molecule has 2 aromatic rings. The van der Waals surface area contributed by atoms with Crippen molar-refractivity contribution >= 4 is 23.7 Å². The molecule has 1 aliphatic carbocycles. The normalized spacial score (nSPS) is 20.0. The molecule has 0 amide bonds. The van der Waals surface area contributed by atoms with Crippen LogP contribution >= 0.6 is 0 Å². The summed E-state index contributed by atoms with van der Waals surface area (Å²) in [6.07, 6.45) is 5.77. The summed E-state index contributed by atoms with van der Waals surface area (Å²) in [6.45, 7) is 1.31. The van der Waals surface area contributed by atoms with Gasteiger partial charge >= 0.3 is 0 Å². The Balaban J connectivity index is 1.73. The summed E-state index contributed by atoms with van der Waals surface area (Å²) in [7, 11) is 0. The molecular formula is C22H16O7. The highest BCUT2D eigenvalue weighted by atomic mass is 16.5. The van der Waals surface area contributed by atoms with Gasteiger partial charge in [0.2, 0.25) is 11.4 Å². The summed E-state index contributed by atoms with van der Waals surface area (Å²) in [5.74, 6) is -2.04. The number of fused-ring (bicyclic) bond motifs is 2. The number of phenols is 4. The predicted octanol–water partition coefficient (Wildman–Crippen LogP) is 2.89. The first-order valence-corrected chi connectivity index (χ1v) is 8.67. The zero-order valence-corrected chi connectivity index (χ0v) is 15.2. The highest BCUT2D eigenvalue weighted by Gasteiger charge is 2.54. The zero-order valence-electron chi connectivity index (χ0n) is 15.2. The van der Waals surface area contributed by atoms with Crippen molar-refractivity contribution in [3.05, 3.63) is 70.5 Å². The first-order valence-electron chi connectivity index (χ1n) is 8.67. The standard InChI is InChI=1S/C22H16O7/c1-11(23)15-7-13-8-19(26)20(27)10-16(13)22(15)21(28)9-14(29-22)4-2-12-3-5-17(24)18(25)6-12/h2-10,24-27H,1H3/b4-2-. The third-order valence-corrected chi connectivity index (χ3v) is 4.92. The van der Waals surface area contributed by atoms with Crippen LogP contribution in [0.1, 0.15) is 23.6 Å². The first-order chi connectivity index (χ1) is 13.7. The van der Waals surface area contributed by atoms with Gasteiger partial charge in [0.1, 0.15) is 5.76 Å². The maximum absolute atomic E-state index is 12.9. The molecule has 4 rings (SSSR count). The van der Waals surface area contributed by atoms with Gasteiger partial charge < -0.3 is 25.2 Å². The number of rotatable bonds is 3. The fourth-order valence-electron chi connectivity index (χ4n) is 3.54. The Morgan fingerprint density at radius 1 is 0.931 bits per heavy atom. The Morgan fingerprint density at radius 2 is 1.62 bits per heavy atom. The van der Waals surface area contributed by atoms with Crippen molar-refractivity contribution in [3.63, 3.8) is 0 Å². The Hall–Kier alpha value is -4.00. The molecular weight excluding hydrogens is 376 g/mol. The van der Waals surface area contributed by atoms with E-state index >= 15 is 0 Å². The summed E-state index contributed by atoms with van der Waals surface area (Å²) in [5.41, 5.74) is -0.395. The number of Topliss-reactive ketones (excluding diaryl/α,β-unsaturated/α-hetero) is 1. The van der Waals surface area contributed by atoms with Crippen LogP contribution in [-0.4, -0.2) is 32.0 Å². The first kappa shape index (κ1) is 18.4. The lowest BCUT2D eigenvalue weighted by Crippen LogP contribution is -2.36. The molecule has 1 spiro atoms. The number of carbonyl (C=O) groups is 2. The molecule has 4 N–H and O–H groups in total. The number of hydrogen-bond acceptors (Lipinski definition) is 7. The molecule has 0 radical (unpaired) electrons. The minimum Gasteiger partial charge on any atom is -0.504 e. The number of hydrogen-bond donors (Lipinski definition) is 4. The Labute approximate surface area is 165 Å². The number of phenolic OH excluding ortho intramolecular Hbond substituents is 4. The number of aromatic hydroxyl groups is 4. The second-order valence-electron chi connectivity index (χ2n) is 6.82. The Kier molecular flexibility index (Phi) is 3.97. The smallest absolute Gasteiger partial charge is 0.225 e. The molecule has 0 aromatic heterocycles. The van der Waals surface area contributed by atoms with Gasteiger partial charge in [0.05, 0.1) is 5.57 Å². The number of ether oxygens (including phenoxy) is 1. The van der Waals surface area contributed by atoms with Gasteiger partial charge in [-0.15, -0.1) is 0 Å². The van der Waals surface area contributed by atoms with Crippen LogP contribution in [-0.2, 0) is 19.9 Å². The van der Waals surface area contributed by atoms with Crippen LogP contribution < -0.4 is 0 Å². The van der Waals surface area contributed by atoms with E-state index in [1.165, 1.54) is 49.4 Å². The molecule has 0 saturated carbocycles. The molecule has 2 aliphatic rings. The molecule has 1 atom stereocenters. The minimum atomic E-state index is -1.72. The maximum Gasteiger partial charge on any atom is 0.225 e. The fourth-order valence-corrected chi connectivity index (χ4v) is 3.54. The Bertz CT molecular complexity index is 1170. The quantitative estimate of drug-likeness (QED) is 0.592. The summed E-state index contributed by atoms with van der Waals surface area (Å²) in [6, 6.07) is 6.71. The molecule has 0 fully saturated rings. The van der Waals surface area contributed by atoms with Crippen molar-refractivity contribution in [1.29, 1.82) is 0 Å². The largest absolute Gasteiger partial charge is 0.504 e. The summed E-state index contributed by atoms with van der Waals surface area (Å²) >= 11 is 0. The van der Waals surface area contributed by atoms with Gasteiger partial charge in [-0.05, 0) is 54.5 Å². The van der Waals surface area contributed by atoms with Crippen molar-refractivity contribution in [1.82, 2.24) is 0 Å². The van der Waals surface area contributed by atoms with Gasteiger partial charge in [-0.1, -0.05) is 12.1 Å². The van der Waals surface area contributed by atoms with Crippen LogP contribution in [0.4, 0.5) is 0 Å². The SMILES string of the molecule is CC(=O)C1=Cc2cc(O)c(O)cc2C12OC(/C=C\c1ccc(O)c(O)c1)=CC2=O. The van der Waals surface area contributed by atoms with Gasteiger partial charge in [0.25, 0.3) is 0 Å². The van der Waals surface area contributed by atoms with Crippen molar-refractivity contribution in [2.24, 2.45) is 0 Å². The predicted molar refractivity (Wildman–Crippen MR) is 103 cm³/mol. The van der Waals surface area contributed by atoms with E-state index in [9.17, 15) is 30.0 Å². The fraction of sp³-hybridized carbons (Fsp3) is 0.0909. The molecule has 7 nitrogen and oxygen atoms in total. The second kappa shape index (κ2) is 6.27. The number of carbonyl (C=O) groups excluding carboxylic acids is 2. The number of ketones is 2. The van der Waals surface area contributed by atoms with Crippen LogP contribution in [0.5, 0.6) is 23.0 Å². The van der Waals surface area contributed by atoms with E-state index in [0.29, 0.717) is 11.1 Å². The van der Waals surface area contributed by atoms with Gasteiger partial charge in [0, 0.05) is 11.6 Å². The maximum atomic E-state index is 12.9. The lowest BCUT2D eigenvalue weighted by Gasteiger charge is -2.27. The third kappa shape index (κ3) is 2.75. The van der Waals surface area contributed by atoms with Crippen LogP contribution in [0.3, 0.4) is 0 Å². The third-order valence-electron chi connectivity index (χ3n) is 4.92. The van der Waals surface area contributed by atoms with E-state index in [1.54, 1.807) is 12.1 Å². The second-order valence-corrected chi connectivity index (χ2v) is 6.82. The Morgan fingerprint density at radius 3 is 2.31 bits per heavy atom.